The summed E-state index contributed by atoms with van der Waals surface area (Å²) >= 11 is 1.50. The fraction of sp³-hybridized carbons (Fsp3) is 0.636. The lowest BCUT2D eigenvalue weighted by Crippen LogP contribution is -2.48. The molecule has 2 heterocycles. The van der Waals surface area contributed by atoms with Crippen molar-refractivity contribution >= 4 is 21.4 Å². The number of nitrogens with two attached hydrogens (primary N) is 1. The molecule has 1 atom stereocenters. The number of hydrogen-bond donors (Lipinski definition) is 1. The molecule has 0 saturated carbocycles. The van der Waals surface area contributed by atoms with Gasteiger partial charge in [0, 0.05) is 29.4 Å². The molecule has 1 aliphatic rings. The Kier molecular flexibility index (Phi) is 4.08. The molecule has 0 aliphatic carbocycles. The van der Waals surface area contributed by atoms with Crippen LogP contribution in [0, 0.1) is 13.8 Å². The van der Waals surface area contributed by atoms with Crippen LogP contribution < -0.4 is 5.73 Å². The summed E-state index contributed by atoms with van der Waals surface area (Å²) in [6.07, 6.45) is -0.200. The average Bonchev–Trinajstić information content (AvgIpc) is 2.69. The van der Waals surface area contributed by atoms with E-state index in [1.807, 2.05) is 13.8 Å². The monoisotopic (exact) mass is 290 g/mol. The van der Waals surface area contributed by atoms with Gasteiger partial charge in [-0.05, 0) is 19.9 Å². The van der Waals surface area contributed by atoms with Crippen LogP contribution in [0.15, 0.2) is 11.0 Å². The molecule has 5 nitrogen and oxygen atoms in total. The van der Waals surface area contributed by atoms with Crippen LogP contribution in [0.5, 0.6) is 0 Å². The largest absolute Gasteiger partial charge is 0.374 e. The molecule has 102 valence electrons. The Balaban J connectivity index is 2.28. The second-order valence-electron chi connectivity index (χ2n) is 4.37. The summed E-state index contributed by atoms with van der Waals surface area (Å²) in [5, 5.41) is 0. The van der Waals surface area contributed by atoms with Crippen molar-refractivity contribution in [3.8, 4) is 0 Å². The first kappa shape index (κ1) is 14.0. The lowest BCUT2D eigenvalue weighted by atomic mass is 10.3. The summed E-state index contributed by atoms with van der Waals surface area (Å²) in [5.74, 6) is 0. The second kappa shape index (κ2) is 5.26. The van der Waals surface area contributed by atoms with Crippen LogP contribution in [-0.2, 0) is 14.8 Å². The molecule has 0 radical (unpaired) electrons. The zero-order valence-electron chi connectivity index (χ0n) is 10.5. The zero-order valence-corrected chi connectivity index (χ0v) is 12.2. The van der Waals surface area contributed by atoms with Crippen LogP contribution in [0.3, 0.4) is 0 Å². The van der Waals surface area contributed by atoms with E-state index in [9.17, 15) is 8.42 Å². The third-order valence-electron chi connectivity index (χ3n) is 2.98. The van der Waals surface area contributed by atoms with E-state index in [-0.39, 0.29) is 6.10 Å². The first-order valence-electron chi connectivity index (χ1n) is 5.84. The van der Waals surface area contributed by atoms with Gasteiger partial charge in [-0.15, -0.1) is 11.3 Å². The Labute approximate surface area is 112 Å². The van der Waals surface area contributed by atoms with Crippen molar-refractivity contribution in [2.75, 3.05) is 26.2 Å². The molecule has 1 fully saturated rings. The summed E-state index contributed by atoms with van der Waals surface area (Å²) in [6.45, 7) is 5.24. The number of hydrogen-bond acceptors (Lipinski definition) is 5. The van der Waals surface area contributed by atoms with Crippen molar-refractivity contribution in [2.45, 2.75) is 24.8 Å². The molecular formula is C11H18N2O3S2. The molecule has 0 amide bonds. The molecule has 2 N–H and O–H groups in total. The van der Waals surface area contributed by atoms with E-state index in [1.54, 1.807) is 6.07 Å². The fourth-order valence-corrected chi connectivity index (χ4v) is 5.04. The number of nitrogens with zero attached hydrogens (tertiary/aromatic N) is 1. The highest BCUT2D eigenvalue weighted by molar-refractivity contribution is 7.89. The van der Waals surface area contributed by atoms with E-state index in [4.69, 9.17) is 10.5 Å². The van der Waals surface area contributed by atoms with E-state index in [1.165, 1.54) is 15.6 Å². The van der Waals surface area contributed by atoms with E-state index < -0.39 is 10.0 Å². The number of sulfonamides is 1. The Hall–Kier alpha value is -0.470. The SMILES string of the molecule is Cc1cc(S(=O)(=O)N2CCOC(CN)C2)c(C)s1. The Morgan fingerprint density at radius 3 is 2.83 bits per heavy atom. The van der Waals surface area contributed by atoms with Crippen molar-refractivity contribution < 1.29 is 13.2 Å². The van der Waals surface area contributed by atoms with Crippen molar-refractivity contribution in [3.05, 3.63) is 15.8 Å². The Bertz CT molecular complexity index is 524. The van der Waals surface area contributed by atoms with Gasteiger partial charge in [-0.2, -0.15) is 4.31 Å². The average molecular weight is 290 g/mol. The molecule has 18 heavy (non-hydrogen) atoms. The van der Waals surface area contributed by atoms with Gasteiger partial charge in [0.15, 0.2) is 0 Å². The van der Waals surface area contributed by atoms with Crippen LogP contribution in [-0.4, -0.2) is 45.1 Å². The third kappa shape index (κ3) is 2.60. The summed E-state index contributed by atoms with van der Waals surface area (Å²) < 4.78 is 31.9. The van der Waals surface area contributed by atoms with Gasteiger partial charge in [0.25, 0.3) is 0 Å². The van der Waals surface area contributed by atoms with Crippen molar-refractivity contribution in [3.63, 3.8) is 0 Å². The molecule has 1 unspecified atom stereocenters. The molecule has 0 bridgehead atoms. The third-order valence-corrected chi connectivity index (χ3v) is 6.06. The predicted molar refractivity (Wildman–Crippen MR) is 71.3 cm³/mol. The number of rotatable bonds is 3. The molecular weight excluding hydrogens is 272 g/mol. The first-order valence-corrected chi connectivity index (χ1v) is 8.09. The first-order chi connectivity index (χ1) is 8.45. The molecule has 7 heteroatoms. The van der Waals surface area contributed by atoms with Gasteiger partial charge >= 0.3 is 0 Å². The topological polar surface area (TPSA) is 72.6 Å². The minimum atomic E-state index is -3.41. The standard InChI is InChI=1S/C11H18N2O3S2/c1-8-5-11(9(2)17-8)18(14,15)13-3-4-16-10(6-12)7-13/h5,10H,3-4,6-7,12H2,1-2H3. The summed E-state index contributed by atoms with van der Waals surface area (Å²) in [7, 11) is -3.41. The van der Waals surface area contributed by atoms with Crippen molar-refractivity contribution in [1.82, 2.24) is 4.31 Å². The van der Waals surface area contributed by atoms with Crippen LogP contribution >= 0.6 is 11.3 Å². The Morgan fingerprint density at radius 1 is 1.56 bits per heavy atom. The zero-order chi connectivity index (χ0) is 13.3. The van der Waals surface area contributed by atoms with Crippen LogP contribution in [0.25, 0.3) is 0 Å². The van der Waals surface area contributed by atoms with Gasteiger partial charge in [-0.25, -0.2) is 8.42 Å². The summed E-state index contributed by atoms with van der Waals surface area (Å²) in [6, 6.07) is 1.74. The van der Waals surface area contributed by atoms with Gasteiger partial charge in [-0.3, -0.25) is 0 Å². The molecule has 1 saturated heterocycles. The number of aryl methyl sites for hydroxylation is 2. The van der Waals surface area contributed by atoms with E-state index in [2.05, 4.69) is 0 Å². The van der Waals surface area contributed by atoms with E-state index in [0.29, 0.717) is 31.1 Å². The summed E-state index contributed by atoms with van der Waals surface area (Å²) in [4.78, 5) is 2.26. The lowest BCUT2D eigenvalue weighted by Gasteiger charge is -2.31. The lowest BCUT2D eigenvalue weighted by molar-refractivity contribution is 0.00450. The van der Waals surface area contributed by atoms with Gasteiger partial charge in [0.1, 0.15) is 0 Å². The normalized spacial score (nSPS) is 22.3. The maximum absolute atomic E-state index is 12.5. The molecule has 0 aromatic carbocycles. The van der Waals surface area contributed by atoms with Crippen molar-refractivity contribution in [2.24, 2.45) is 5.73 Å². The van der Waals surface area contributed by atoms with Crippen molar-refractivity contribution in [1.29, 1.82) is 0 Å². The van der Waals surface area contributed by atoms with Crippen LogP contribution in [0.1, 0.15) is 9.75 Å². The molecule has 2 rings (SSSR count). The molecule has 1 aliphatic heterocycles. The van der Waals surface area contributed by atoms with Gasteiger partial charge in [0.2, 0.25) is 10.0 Å². The van der Waals surface area contributed by atoms with E-state index >= 15 is 0 Å². The van der Waals surface area contributed by atoms with Gasteiger partial charge in [0.05, 0.1) is 17.6 Å². The highest BCUT2D eigenvalue weighted by atomic mass is 32.2. The number of morpholine rings is 1. The second-order valence-corrected chi connectivity index (χ2v) is 7.74. The minimum Gasteiger partial charge on any atom is -0.374 e. The maximum atomic E-state index is 12.5. The van der Waals surface area contributed by atoms with E-state index in [0.717, 1.165) is 9.75 Å². The molecule has 0 spiro atoms. The molecule has 1 aromatic heterocycles. The van der Waals surface area contributed by atoms with Gasteiger partial charge < -0.3 is 10.5 Å². The maximum Gasteiger partial charge on any atom is 0.244 e. The molecule has 1 aromatic rings. The number of ether oxygens (including phenoxy) is 1. The highest BCUT2D eigenvalue weighted by Gasteiger charge is 2.31. The van der Waals surface area contributed by atoms with Gasteiger partial charge in [-0.1, -0.05) is 0 Å². The Morgan fingerprint density at radius 2 is 2.28 bits per heavy atom. The summed E-state index contributed by atoms with van der Waals surface area (Å²) in [5.41, 5.74) is 5.54. The van der Waals surface area contributed by atoms with Crippen LogP contribution in [0.4, 0.5) is 0 Å². The fourth-order valence-electron chi connectivity index (χ4n) is 2.06. The smallest absolute Gasteiger partial charge is 0.244 e. The predicted octanol–water partition coefficient (Wildman–Crippen LogP) is 0.713. The minimum absolute atomic E-state index is 0.200. The highest BCUT2D eigenvalue weighted by Crippen LogP contribution is 2.28. The van der Waals surface area contributed by atoms with Crippen LogP contribution in [0.2, 0.25) is 0 Å². The quantitative estimate of drug-likeness (QED) is 0.890. The number of thiophene rings is 1.